The van der Waals surface area contributed by atoms with E-state index in [1.165, 1.54) is 30.2 Å². The van der Waals surface area contributed by atoms with Crippen molar-refractivity contribution < 1.29 is 4.79 Å². The number of carbonyl (C=O) groups excluding carboxylic acids is 1. The maximum absolute atomic E-state index is 12.8. The summed E-state index contributed by atoms with van der Waals surface area (Å²) < 4.78 is 2.20. The Labute approximate surface area is 192 Å². The Morgan fingerprint density at radius 1 is 1.13 bits per heavy atom. The van der Waals surface area contributed by atoms with Crippen LogP contribution in [-0.2, 0) is 11.3 Å². The van der Waals surface area contributed by atoms with Gasteiger partial charge in [-0.15, -0.1) is 10.2 Å². The molecule has 0 aliphatic heterocycles. The Kier molecular flexibility index (Phi) is 6.98. The van der Waals surface area contributed by atoms with Crippen molar-refractivity contribution in [2.24, 2.45) is 0 Å². The molecule has 1 heterocycles. The Morgan fingerprint density at radius 2 is 1.84 bits per heavy atom. The molecule has 4 rings (SSSR count). The van der Waals surface area contributed by atoms with Crippen LogP contribution in [0.25, 0.3) is 11.4 Å². The number of aryl methyl sites for hydroxylation is 1. The summed E-state index contributed by atoms with van der Waals surface area (Å²) in [4.78, 5) is 14.5. The van der Waals surface area contributed by atoms with Gasteiger partial charge in [0, 0.05) is 25.2 Å². The van der Waals surface area contributed by atoms with E-state index in [0.29, 0.717) is 23.4 Å². The molecule has 1 saturated carbocycles. The molecule has 1 fully saturated rings. The zero-order chi connectivity index (χ0) is 21.8. The van der Waals surface area contributed by atoms with E-state index in [2.05, 4.69) is 46.0 Å². The van der Waals surface area contributed by atoms with Gasteiger partial charge in [-0.25, -0.2) is 0 Å². The summed E-state index contributed by atoms with van der Waals surface area (Å²) in [5.74, 6) is 1.20. The monoisotopic (exact) mass is 454 g/mol. The Balaban J connectivity index is 1.49. The van der Waals surface area contributed by atoms with Crippen LogP contribution < -0.4 is 0 Å². The maximum atomic E-state index is 12.8. The Bertz CT molecular complexity index is 1040. The normalized spacial score (nSPS) is 14.2. The fraction of sp³-hybridized carbons (Fsp3) is 0.375. The average Bonchev–Trinajstić information content (AvgIpc) is 3.43. The number of hydrogen-bond acceptors (Lipinski definition) is 4. The van der Waals surface area contributed by atoms with Crippen molar-refractivity contribution in [1.82, 2.24) is 19.7 Å². The highest BCUT2D eigenvalue weighted by molar-refractivity contribution is 7.99. The quantitative estimate of drug-likeness (QED) is 0.425. The summed E-state index contributed by atoms with van der Waals surface area (Å²) in [6.07, 6.45) is 4.61. The Hall–Kier alpha value is -2.31. The lowest BCUT2D eigenvalue weighted by molar-refractivity contribution is -0.127. The van der Waals surface area contributed by atoms with E-state index in [1.807, 2.05) is 31.3 Å². The lowest BCUT2D eigenvalue weighted by Gasteiger charge is -2.19. The van der Waals surface area contributed by atoms with Gasteiger partial charge in [0.2, 0.25) is 5.91 Å². The number of nitrogens with zero attached hydrogens (tertiary/aromatic N) is 4. The maximum Gasteiger partial charge on any atom is 0.233 e. The van der Waals surface area contributed by atoms with Gasteiger partial charge in [-0.05, 0) is 37.5 Å². The molecule has 1 aromatic heterocycles. The minimum absolute atomic E-state index is 0.0749. The van der Waals surface area contributed by atoms with Gasteiger partial charge in [-0.1, -0.05) is 78.2 Å². The van der Waals surface area contributed by atoms with Crippen LogP contribution in [0, 0.1) is 6.92 Å². The molecule has 1 amide bonds. The molecule has 162 valence electrons. The number of aromatic nitrogens is 3. The highest BCUT2D eigenvalue weighted by Gasteiger charge is 2.26. The zero-order valence-corrected chi connectivity index (χ0v) is 19.5. The van der Waals surface area contributed by atoms with Crippen LogP contribution in [0.5, 0.6) is 0 Å². The molecule has 0 bridgehead atoms. The number of carbonyl (C=O) groups is 1. The van der Waals surface area contributed by atoms with Crippen molar-refractivity contribution in [1.29, 1.82) is 0 Å². The number of hydrogen-bond donors (Lipinski definition) is 0. The zero-order valence-electron chi connectivity index (χ0n) is 17.9. The van der Waals surface area contributed by atoms with Crippen LogP contribution in [-0.4, -0.2) is 38.4 Å². The second-order valence-corrected chi connectivity index (χ2v) is 9.47. The molecule has 0 radical (unpaired) electrons. The fourth-order valence-electron chi connectivity index (χ4n) is 3.99. The third-order valence-corrected chi connectivity index (χ3v) is 7.02. The van der Waals surface area contributed by atoms with Crippen LogP contribution in [0.4, 0.5) is 0 Å². The highest BCUT2D eigenvalue weighted by atomic mass is 35.5. The lowest BCUT2D eigenvalue weighted by atomic mass is 10.1. The number of rotatable bonds is 7. The Morgan fingerprint density at radius 3 is 2.55 bits per heavy atom. The van der Waals surface area contributed by atoms with E-state index in [1.54, 1.807) is 4.90 Å². The summed E-state index contributed by atoms with van der Waals surface area (Å²) in [7, 11) is 1.85. The molecule has 0 spiro atoms. The van der Waals surface area contributed by atoms with Crippen LogP contribution in [0.3, 0.4) is 0 Å². The highest BCUT2D eigenvalue weighted by Crippen LogP contribution is 2.38. The van der Waals surface area contributed by atoms with Crippen LogP contribution in [0.1, 0.15) is 42.9 Å². The number of amides is 1. The molecule has 0 unspecified atom stereocenters. The third-order valence-electron chi connectivity index (χ3n) is 5.76. The number of thioether (sulfide) groups is 1. The summed E-state index contributed by atoms with van der Waals surface area (Å²) in [5, 5.41) is 10.4. The van der Waals surface area contributed by atoms with Gasteiger partial charge in [0.25, 0.3) is 0 Å². The topological polar surface area (TPSA) is 51.0 Å². The molecular formula is C24H27ClN4OS. The predicted octanol–water partition coefficient (Wildman–Crippen LogP) is 5.77. The van der Waals surface area contributed by atoms with Gasteiger partial charge >= 0.3 is 0 Å². The van der Waals surface area contributed by atoms with Crippen LogP contribution in [0.2, 0.25) is 5.02 Å². The smallest absolute Gasteiger partial charge is 0.233 e. The largest absolute Gasteiger partial charge is 0.341 e. The average molecular weight is 455 g/mol. The van der Waals surface area contributed by atoms with E-state index in [4.69, 9.17) is 11.6 Å². The predicted molar refractivity (Wildman–Crippen MR) is 126 cm³/mol. The number of benzene rings is 2. The van der Waals surface area contributed by atoms with Crippen molar-refractivity contribution in [2.75, 3.05) is 12.8 Å². The molecule has 0 N–H and O–H groups in total. The van der Waals surface area contributed by atoms with Crippen LogP contribution >= 0.6 is 23.4 Å². The van der Waals surface area contributed by atoms with Gasteiger partial charge in [-0.3, -0.25) is 9.36 Å². The second kappa shape index (κ2) is 9.88. The second-order valence-electron chi connectivity index (χ2n) is 8.12. The van der Waals surface area contributed by atoms with E-state index in [0.717, 1.165) is 34.9 Å². The summed E-state index contributed by atoms with van der Waals surface area (Å²) in [6, 6.07) is 16.4. The molecule has 3 aromatic rings. The fourth-order valence-corrected chi connectivity index (χ4v) is 5.15. The molecule has 1 aliphatic carbocycles. The first-order chi connectivity index (χ1) is 15.0. The van der Waals surface area contributed by atoms with E-state index in [9.17, 15) is 4.79 Å². The minimum atomic E-state index is 0.0749. The van der Waals surface area contributed by atoms with E-state index < -0.39 is 0 Å². The SMILES string of the molecule is Cc1ccc(CN(C)C(=O)CSc2nnc(-c3ccccc3Cl)n2C2CCCC2)cc1. The lowest BCUT2D eigenvalue weighted by Crippen LogP contribution is -2.28. The van der Waals surface area contributed by atoms with Crippen molar-refractivity contribution in [3.8, 4) is 11.4 Å². The first-order valence-electron chi connectivity index (χ1n) is 10.6. The van der Waals surface area contributed by atoms with Gasteiger partial charge in [0.05, 0.1) is 10.8 Å². The molecule has 1 aliphatic rings. The summed E-state index contributed by atoms with van der Waals surface area (Å²) >= 11 is 7.91. The van der Waals surface area contributed by atoms with Crippen molar-refractivity contribution in [3.63, 3.8) is 0 Å². The van der Waals surface area contributed by atoms with Crippen molar-refractivity contribution in [2.45, 2.75) is 50.4 Å². The standard InChI is InChI=1S/C24H27ClN4OS/c1-17-11-13-18(14-12-17)15-28(2)22(30)16-31-24-27-26-23(20-9-5-6-10-21(20)25)29(24)19-7-3-4-8-19/h5-6,9-14,19H,3-4,7-8,15-16H2,1-2H3. The molecule has 2 aromatic carbocycles. The van der Waals surface area contributed by atoms with Crippen molar-refractivity contribution >= 4 is 29.3 Å². The minimum Gasteiger partial charge on any atom is -0.341 e. The summed E-state index contributed by atoms with van der Waals surface area (Å²) in [5.41, 5.74) is 3.23. The van der Waals surface area contributed by atoms with E-state index >= 15 is 0 Å². The van der Waals surface area contributed by atoms with Gasteiger partial charge in [0.1, 0.15) is 0 Å². The third kappa shape index (κ3) is 5.13. The molecule has 31 heavy (non-hydrogen) atoms. The summed E-state index contributed by atoms with van der Waals surface area (Å²) in [6.45, 7) is 2.66. The molecule has 0 atom stereocenters. The molecular weight excluding hydrogens is 428 g/mol. The molecule has 7 heteroatoms. The van der Waals surface area contributed by atoms with Crippen LogP contribution in [0.15, 0.2) is 53.7 Å². The number of halogens is 1. The molecule has 5 nitrogen and oxygen atoms in total. The van der Waals surface area contributed by atoms with Gasteiger partial charge < -0.3 is 4.90 Å². The van der Waals surface area contributed by atoms with E-state index in [-0.39, 0.29) is 5.91 Å². The first kappa shape index (κ1) is 21.9. The van der Waals surface area contributed by atoms with Gasteiger partial charge in [0.15, 0.2) is 11.0 Å². The molecule has 0 saturated heterocycles. The van der Waals surface area contributed by atoms with Gasteiger partial charge in [-0.2, -0.15) is 0 Å². The van der Waals surface area contributed by atoms with Crippen molar-refractivity contribution in [3.05, 3.63) is 64.7 Å². The first-order valence-corrected chi connectivity index (χ1v) is 12.0.